The van der Waals surface area contributed by atoms with Crippen LogP contribution >= 0.6 is 23.1 Å². The lowest BCUT2D eigenvalue weighted by atomic mass is 10.1. The number of hydrogen-bond acceptors (Lipinski definition) is 6. The SMILES string of the molecule is COc1ccc2cc(CN(C)C(=O)CSCc3cc(=O)n4ccsc4n3)ccc2c1. The molecule has 0 aliphatic heterocycles. The van der Waals surface area contributed by atoms with Crippen molar-refractivity contribution in [2.24, 2.45) is 0 Å². The summed E-state index contributed by atoms with van der Waals surface area (Å²) in [5, 5.41) is 4.06. The summed E-state index contributed by atoms with van der Waals surface area (Å²) in [6.07, 6.45) is 1.72. The Kier molecular flexibility index (Phi) is 6.06. The molecule has 0 saturated carbocycles. The van der Waals surface area contributed by atoms with E-state index in [1.807, 2.05) is 42.8 Å². The van der Waals surface area contributed by atoms with E-state index < -0.39 is 0 Å². The van der Waals surface area contributed by atoms with Gasteiger partial charge in [0.05, 0.1) is 18.6 Å². The normalized spacial score (nSPS) is 11.1. The summed E-state index contributed by atoms with van der Waals surface area (Å²) in [6.45, 7) is 0.544. The van der Waals surface area contributed by atoms with E-state index in [9.17, 15) is 9.59 Å². The first kappa shape index (κ1) is 20.4. The van der Waals surface area contributed by atoms with E-state index in [0.29, 0.717) is 28.7 Å². The number of thiazole rings is 1. The van der Waals surface area contributed by atoms with Crippen molar-refractivity contribution in [2.45, 2.75) is 12.3 Å². The summed E-state index contributed by atoms with van der Waals surface area (Å²) in [7, 11) is 3.47. The Hall–Kier alpha value is -2.84. The van der Waals surface area contributed by atoms with Crippen molar-refractivity contribution in [3.05, 3.63) is 75.7 Å². The van der Waals surface area contributed by atoms with Gasteiger partial charge in [-0.25, -0.2) is 4.98 Å². The average Bonchev–Trinajstić information content (AvgIpc) is 3.22. The second-order valence-corrected chi connectivity index (χ2v) is 8.79. The van der Waals surface area contributed by atoms with E-state index in [-0.39, 0.29) is 11.5 Å². The van der Waals surface area contributed by atoms with Crippen LogP contribution in [0.2, 0.25) is 0 Å². The number of carbonyl (C=O) groups is 1. The highest BCUT2D eigenvalue weighted by Gasteiger charge is 2.11. The molecule has 0 radical (unpaired) electrons. The number of carbonyl (C=O) groups excluding carboxylic acids is 1. The fourth-order valence-electron chi connectivity index (χ4n) is 3.18. The van der Waals surface area contributed by atoms with Crippen LogP contribution in [-0.4, -0.2) is 40.1 Å². The van der Waals surface area contributed by atoms with Gasteiger partial charge < -0.3 is 9.64 Å². The van der Waals surface area contributed by atoms with Gasteiger partial charge in [0.2, 0.25) is 5.91 Å². The smallest absolute Gasteiger partial charge is 0.258 e. The Morgan fingerprint density at radius 3 is 2.83 bits per heavy atom. The number of thioether (sulfide) groups is 1. The van der Waals surface area contributed by atoms with Crippen LogP contribution in [0.5, 0.6) is 5.75 Å². The molecule has 0 aliphatic carbocycles. The summed E-state index contributed by atoms with van der Waals surface area (Å²) in [4.78, 5) is 31.4. The number of amides is 1. The first-order chi connectivity index (χ1) is 14.5. The van der Waals surface area contributed by atoms with Crippen LogP contribution < -0.4 is 10.3 Å². The van der Waals surface area contributed by atoms with E-state index in [4.69, 9.17) is 4.74 Å². The molecule has 0 bridgehead atoms. The van der Waals surface area contributed by atoms with Crippen molar-refractivity contribution in [1.82, 2.24) is 14.3 Å². The fourth-order valence-corrected chi connectivity index (χ4v) is 4.77. The maximum absolute atomic E-state index is 12.5. The second-order valence-electron chi connectivity index (χ2n) is 6.93. The van der Waals surface area contributed by atoms with E-state index in [0.717, 1.165) is 22.1 Å². The van der Waals surface area contributed by atoms with Crippen molar-refractivity contribution >= 4 is 44.7 Å². The van der Waals surface area contributed by atoms with Crippen molar-refractivity contribution in [2.75, 3.05) is 19.9 Å². The van der Waals surface area contributed by atoms with Gasteiger partial charge in [-0.1, -0.05) is 18.2 Å². The molecule has 1 amide bonds. The van der Waals surface area contributed by atoms with E-state index in [2.05, 4.69) is 11.1 Å². The number of rotatable bonds is 7. The lowest BCUT2D eigenvalue weighted by Crippen LogP contribution is -2.27. The fraction of sp³-hybridized carbons (Fsp3) is 0.227. The summed E-state index contributed by atoms with van der Waals surface area (Å²) in [5.74, 6) is 1.74. The molecule has 6 nitrogen and oxygen atoms in total. The minimum Gasteiger partial charge on any atom is -0.497 e. The van der Waals surface area contributed by atoms with Crippen molar-refractivity contribution in [3.63, 3.8) is 0 Å². The highest BCUT2D eigenvalue weighted by Crippen LogP contribution is 2.22. The van der Waals surface area contributed by atoms with Crippen LogP contribution in [0.3, 0.4) is 0 Å². The monoisotopic (exact) mass is 439 g/mol. The number of nitrogens with zero attached hydrogens (tertiary/aromatic N) is 3. The third kappa shape index (κ3) is 4.49. The highest BCUT2D eigenvalue weighted by atomic mass is 32.2. The van der Waals surface area contributed by atoms with Gasteiger partial charge in [-0.3, -0.25) is 14.0 Å². The number of methoxy groups -OCH3 is 1. The summed E-state index contributed by atoms with van der Waals surface area (Å²) < 4.78 is 6.79. The summed E-state index contributed by atoms with van der Waals surface area (Å²) in [5.41, 5.74) is 1.69. The van der Waals surface area contributed by atoms with Crippen molar-refractivity contribution < 1.29 is 9.53 Å². The number of ether oxygens (including phenoxy) is 1. The first-order valence-electron chi connectivity index (χ1n) is 9.37. The quantitative estimate of drug-likeness (QED) is 0.438. The van der Waals surface area contributed by atoms with Gasteiger partial charge in [0, 0.05) is 37.0 Å². The van der Waals surface area contributed by atoms with Crippen LogP contribution in [0.15, 0.2) is 58.8 Å². The van der Waals surface area contributed by atoms with Crippen LogP contribution in [0.25, 0.3) is 15.7 Å². The average molecular weight is 440 g/mol. The Bertz CT molecular complexity index is 1270. The first-order valence-corrected chi connectivity index (χ1v) is 11.4. The predicted molar refractivity (Wildman–Crippen MR) is 122 cm³/mol. The van der Waals surface area contributed by atoms with Crippen LogP contribution in [0.4, 0.5) is 0 Å². The van der Waals surface area contributed by atoms with Crippen LogP contribution in [-0.2, 0) is 17.1 Å². The summed E-state index contributed by atoms with van der Waals surface area (Å²) >= 11 is 2.89. The molecule has 2 heterocycles. The molecule has 154 valence electrons. The van der Waals surface area contributed by atoms with Gasteiger partial charge in [-0.2, -0.15) is 0 Å². The largest absolute Gasteiger partial charge is 0.497 e. The zero-order valence-corrected chi connectivity index (χ0v) is 18.3. The van der Waals surface area contributed by atoms with Gasteiger partial charge in [0.25, 0.3) is 5.56 Å². The standard InChI is InChI=1S/C22H21N3O3S2/c1-24(12-15-3-4-17-10-19(28-2)6-5-16(17)9-15)21(27)14-29-13-18-11-20(26)25-7-8-30-22(25)23-18/h3-11H,12-14H2,1-2H3. The molecule has 4 rings (SSSR count). The maximum Gasteiger partial charge on any atom is 0.258 e. The molecule has 0 aliphatic rings. The Morgan fingerprint density at radius 2 is 2.00 bits per heavy atom. The Labute approximate surface area is 182 Å². The lowest BCUT2D eigenvalue weighted by molar-refractivity contribution is -0.127. The molecule has 8 heteroatoms. The Morgan fingerprint density at radius 1 is 1.20 bits per heavy atom. The van der Waals surface area contributed by atoms with Crippen LogP contribution in [0, 0.1) is 0 Å². The molecule has 0 N–H and O–H groups in total. The molecule has 0 spiro atoms. The predicted octanol–water partition coefficient (Wildman–Crippen LogP) is 3.81. The number of hydrogen-bond donors (Lipinski definition) is 0. The van der Waals surface area contributed by atoms with E-state index in [1.54, 1.807) is 18.2 Å². The number of benzene rings is 2. The maximum atomic E-state index is 12.5. The minimum atomic E-state index is -0.0887. The van der Waals surface area contributed by atoms with Gasteiger partial charge in [0.1, 0.15) is 5.75 Å². The van der Waals surface area contributed by atoms with Crippen molar-refractivity contribution in [3.8, 4) is 5.75 Å². The second kappa shape index (κ2) is 8.89. The number of fused-ring (bicyclic) bond motifs is 2. The molecule has 2 aromatic heterocycles. The van der Waals surface area contributed by atoms with E-state index in [1.165, 1.54) is 33.6 Å². The van der Waals surface area contributed by atoms with Gasteiger partial charge >= 0.3 is 0 Å². The molecule has 0 saturated heterocycles. The minimum absolute atomic E-state index is 0.0451. The van der Waals surface area contributed by atoms with Crippen LogP contribution in [0.1, 0.15) is 11.3 Å². The molecule has 0 unspecified atom stereocenters. The zero-order valence-electron chi connectivity index (χ0n) is 16.7. The topological polar surface area (TPSA) is 63.9 Å². The molecule has 30 heavy (non-hydrogen) atoms. The molecule has 0 fully saturated rings. The molecular formula is C22H21N3O3S2. The van der Waals surface area contributed by atoms with Gasteiger partial charge in [-0.15, -0.1) is 23.1 Å². The lowest BCUT2D eigenvalue weighted by Gasteiger charge is -2.17. The number of aromatic nitrogens is 2. The van der Waals surface area contributed by atoms with Gasteiger partial charge in [0.15, 0.2) is 4.96 Å². The summed E-state index contributed by atoms with van der Waals surface area (Å²) in [6, 6.07) is 13.7. The highest BCUT2D eigenvalue weighted by molar-refractivity contribution is 7.99. The molecule has 2 aromatic carbocycles. The third-order valence-electron chi connectivity index (χ3n) is 4.79. The molecule has 4 aromatic rings. The van der Waals surface area contributed by atoms with Crippen molar-refractivity contribution in [1.29, 1.82) is 0 Å². The Balaban J connectivity index is 1.34. The van der Waals surface area contributed by atoms with Gasteiger partial charge in [-0.05, 0) is 34.5 Å². The zero-order chi connectivity index (χ0) is 21.1. The molecule has 0 atom stereocenters. The molecular weight excluding hydrogens is 418 g/mol. The third-order valence-corrected chi connectivity index (χ3v) is 6.50. The van der Waals surface area contributed by atoms with E-state index >= 15 is 0 Å².